The maximum Gasteiger partial charge on any atom is 1.00 e. The van der Waals surface area contributed by atoms with E-state index in [0.29, 0.717) is 18.7 Å². The Morgan fingerprint density at radius 1 is 1.25 bits per heavy atom. The van der Waals surface area contributed by atoms with Gasteiger partial charge in [-0.25, -0.2) is 13.2 Å². The predicted molar refractivity (Wildman–Crippen MR) is 128 cm³/mol. The van der Waals surface area contributed by atoms with Gasteiger partial charge in [0.2, 0.25) is 11.8 Å². The first-order chi connectivity index (χ1) is 16.5. The zero-order valence-corrected chi connectivity index (χ0v) is 24.3. The molecule has 14 heteroatoms. The van der Waals surface area contributed by atoms with E-state index < -0.39 is 45.6 Å². The van der Waals surface area contributed by atoms with Crippen LogP contribution in [0.3, 0.4) is 0 Å². The number of nitrogens with one attached hydrogen (secondary N) is 3. The first kappa shape index (κ1) is 32.7. The average Bonchev–Trinajstić information content (AvgIpc) is 3.19. The van der Waals surface area contributed by atoms with Crippen molar-refractivity contribution in [3.63, 3.8) is 0 Å². The molecule has 11 nitrogen and oxygen atoms in total. The van der Waals surface area contributed by atoms with Crippen LogP contribution in [-0.4, -0.2) is 72.4 Å². The molecule has 1 aromatic carbocycles. The summed E-state index contributed by atoms with van der Waals surface area (Å²) in [5, 5.41) is 17.5. The van der Waals surface area contributed by atoms with Crippen LogP contribution in [0.25, 0.3) is 0 Å². The Morgan fingerprint density at radius 3 is 2.47 bits per heavy atom. The molecule has 1 aliphatic rings. The number of carbonyl (C=O) groups excluding carboxylic acids is 3. The molecule has 36 heavy (non-hydrogen) atoms. The summed E-state index contributed by atoms with van der Waals surface area (Å²) >= 11 is 1.50. The Labute approximate surface area is 237 Å². The van der Waals surface area contributed by atoms with Gasteiger partial charge in [-0.3, -0.25) is 9.59 Å². The van der Waals surface area contributed by atoms with Gasteiger partial charge in [0.05, 0.1) is 6.04 Å². The second-order valence-corrected chi connectivity index (χ2v) is 11.3. The minimum absolute atomic E-state index is 0. The summed E-state index contributed by atoms with van der Waals surface area (Å²) in [6.07, 6.45) is -0.507. The maximum absolute atomic E-state index is 12.9. The second kappa shape index (κ2) is 15.8. The molecule has 0 bridgehead atoms. The number of aliphatic hydroxyl groups excluding tert-OH is 1. The number of hydrogen-bond donors (Lipinski definition) is 4. The quantitative estimate of drug-likeness (QED) is 0.0915. The van der Waals surface area contributed by atoms with Crippen LogP contribution in [0.4, 0.5) is 4.79 Å². The van der Waals surface area contributed by atoms with Crippen molar-refractivity contribution < 1.29 is 66.8 Å². The first-order valence-electron chi connectivity index (χ1n) is 11.3. The monoisotopic (exact) mass is 553 g/mol. The van der Waals surface area contributed by atoms with Gasteiger partial charge < -0.3 is 30.3 Å². The van der Waals surface area contributed by atoms with Gasteiger partial charge in [-0.05, 0) is 37.3 Å². The average molecular weight is 554 g/mol. The third-order valence-corrected chi connectivity index (χ3v) is 7.21. The zero-order chi connectivity index (χ0) is 26.0. The van der Waals surface area contributed by atoms with Crippen molar-refractivity contribution in [2.24, 2.45) is 11.8 Å². The molecule has 0 aliphatic carbocycles. The molecule has 0 saturated carbocycles. The fraction of sp³-hybridized carbons (Fsp3) is 0.591. The number of benzene rings is 1. The molecule has 196 valence electrons. The minimum Gasteiger partial charge on any atom is -0.746 e. The summed E-state index contributed by atoms with van der Waals surface area (Å²) in [4.78, 5) is 38.1. The molecule has 1 aromatic rings. The Kier molecular flexibility index (Phi) is 14.3. The smallest absolute Gasteiger partial charge is 0.746 e. The van der Waals surface area contributed by atoms with E-state index in [4.69, 9.17) is 4.74 Å². The van der Waals surface area contributed by atoms with Crippen molar-refractivity contribution in [1.29, 1.82) is 0 Å². The van der Waals surface area contributed by atoms with E-state index in [-0.39, 0.29) is 60.8 Å². The van der Waals surface area contributed by atoms with Crippen LogP contribution in [0.1, 0.15) is 33.1 Å². The van der Waals surface area contributed by atoms with Crippen molar-refractivity contribution in [1.82, 2.24) is 16.0 Å². The van der Waals surface area contributed by atoms with Crippen molar-refractivity contribution >= 4 is 39.8 Å². The number of amides is 3. The Balaban J connectivity index is 0.00000648. The van der Waals surface area contributed by atoms with Gasteiger partial charge in [0.1, 0.15) is 22.8 Å². The van der Waals surface area contributed by atoms with Crippen molar-refractivity contribution in [2.45, 2.75) is 55.5 Å². The van der Waals surface area contributed by atoms with Crippen LogP contribution in [0.5, 0.6) is 0 Å². The number of alkyl carbamates (subject to hydrolysis) is 1. The number of aliphatic hydroxyl groups is 1. The summed E-state index contributed by atoms with van der Waals surface area (Å²) in [7, 11) is -5.17. The van der Waals surface area contributed by atoms with E-state index in [1.165, 1.54) is 11.8 Å². The van der Waals surface area contributed by atoms with Gasteiger partial charge in [-0.15, -0.1) is 11.8 Å². The summed E-state index contributed by atoms with van der Waals surface area (Å²) < 4.78 is 39.5. The molecule has 0 aromatic heterocycles. The SMILES string of the molecule is CC(C)C[C@H](NC(=O)OCCSc1ccccc1)C(=O)N[C@@H](C[C@@H]1CCNC1=O)C(O)S(=O)(=O)[O-].[Na+]. The fourth-order valence-corrected chi connectivity index (χ4v) is 4.94. The van der Waals surface area contributed by atoms with Crippen LogP contribution >= 0.6 is 11.8 Å². The van der Waals surface area contributed by atoms with Gasteiger partial charge in [-0.2, -0.15) is 0 Å². The van der Waals surface area contributed by atoms with Crippen LogP contribution in [0.15, 0.2) is 35.2 Å². The molecule has 1 unspecified atom stereocenters. The number of hydrogen-bond acceptors (Lipinski definition) is 9. The third kappa shape index (κ3) is 11.4. The molecule has 1 saturated heterocycles. The molecule has 3 amide bonds. The van der Waals surface area contributed by atoms with Crippen LogP contribution < -0.4 is 45.5 Å². The van der Waals surface area contributed by atoms with Crippen LogP contribution in [-0.2, 0) is 24.4 Å². The maximum atomic E-state index is 12.9. The second-order valence-electron chi connectivity index (χ2n) is 8.63. The van der Waals surface area contributed by atoms with Gasteiger partial charge in [0.15, 0.2) is 5.44 Å². The van der Waals surface area contributed by atoms with Gasteiger partial charge in [0, 0.05) is 23.1 Å². The zero-order valence-electron chi connectivity index (χ0n) is 20.6. The van der Waals surface area contributed by atoms with E-state index in [1.807, 2.05) is 44.2 Å². The molecule has 4 atom stereocenters. The molecule has 1 aliphatic heterocycles. The number of thioether (sulfide) groups is 1. The van der Waals surface area contributed by atoms with Crippen LogP contribution in [0, 0.1) is 11.8 Å². The van der Waals surface area contributed by atoms with Crippen LogP contribution in [0.2, 0.25) is 0 Å². The molecule has 1 heterocycles. The Bertz CT molecular complexity index is 965. The molecular formula is C22H32N3NaO8S2. The normalized spacial score (nSPS) is 17.9. The van der Waals surface area contributed by atoms with Crippen molar-refractivity contribution in [3.8, 4) is 0 Å². The minimum atomic E-state index is -5.17. The summed E-state index contributed by atoms with van der Waals surface area (Å²) in [6.45, 7) is 4.10. The fourth-order valence-electron chi connectivity index (χ4n) is 3.61. The molecule has 0 spiro atoms. The summed E-state index contributed by atoms with van der Waals surface area (Å²) in [5.41, 5.74) is -2.44. The predicted octanol–water partition coefficient (Wildman–Crippen LogP) is -2.20. The number of rotatable bonds is 13. The molecule has 1 fully saturated rings. The molecule has 2 rings (SSSR count). The Hall–Kier alpha value is -1.35. The van der Waals surface area contributed by atoms with Gasteiger partial charge in [0.25, 0.3) is 0 Å². The van der Waals surface area contributed by atoms with Gasteiger partial charge in [-0.1, -0.05) is 32.0 Å². The summed E-state index contributed by atoms with van der Waals surface area (Å²) in [5.74, 6) is -1.35. The molecular weight excluding hydrogens is 521 g/mol. The van der Waals surface area contributed by atoms with E-state index in [2.05, 4.69) is 16.0 Å². The first-order valence-corrected chi connectivity index (χ1v) is 13.7. The van der Waals surface area contributed by atoms with E-state index >= 15 is 0 Å². The van der Waals surface area contributed by atoms with E-state index in [0.717, 1.165) is 4.90 Å². The van der Waals surface area contributed by atoms with E-state index in [1.54, 1.807) is 0 Å². The van der Waals surface area contributed by atoms with Crippen molar-refractivity contribution in [3.05, 3.63) is 30.3 Å². The van der Waals surface area contributed by atoms with E-state index in [9.17, 15) is 32.5 Å². The standard InChI is InChI=1S/C22H33N3O8S2.Na/c1-14(2)12-17(25-22(29)33-10-11-34-16-6-4-3-5-7-16)20(27)24-18(21(28)35(30,31)32)13-15-8-9-23-19(15)26;/h3-7,14-15,17-18,21,28H,8-13H2,1-2H3,(H,23,26)(H,24,27)(H,25,29)(H,30,31,32);/q;+1/p-1/t15-,17-,18-,21?;/m0./s1. The number of carbonyl (C=O) groups is 3. The van der Waals surface area contributed by atoms with Crippen molar-refractivity contribution in [2.75, 3.05) is 18.9 Å². The summed E-state index contributed by atoms with van der Waals surface area (Å²) in [6, 6.07) is 6.91. The molecule has 0 radical (unpaired) electrons. The van der Waals surface area contributed by atoms with Gasteiger partial charge >= 0.3 is 35.7 Å². The largest absolute Gasteiger partial charge is 1.00 e. The third-order valence-electron chi connectivity index (χ3n) is 5.31. The molecule has 4 N–H and O–H groups in total. The topological polar surface area (TPSA) is 174 Å². The number of ether oxygens (including phenoxy) is 1. The Morgan fingerprint density at radius 2 is 1.92 bits per heavy atom.